The normalized spacial score (nSPS) is 10.7. The molecule has 0 aromatic heterocycles. The first-order valence-corrected chi connectivity index (χ1v) is 6.18. The third-order valence-electron chi connectivity index (χ3n) is 2.98. The second-order valence-corrected chi connectivity index (χ2v) is 4.29. The van der Waals surface area contributed by atoms with Gasteiger partial charge in [-0.2, -0.15) is 0 Å². The third kappa shape index (κ3) is 2.77. The maximum absolute atomic E-state index is 14.0. The van der Waals surface area contributed by atoms with E-state index in [2.05, 4.69) is 0 Å². The SMILES string of the molecule is CCN(c1ccc(F)cc1)c1c(F)cc(CO)cc1F. The summed E-state index contributed by atoms with van der Waals surface area (Å²) in [4.78, 5) is 1.41. The molecule has 0 aliphatic heterocycles. The van der Waals surface area contributed by atoms with Gasteiger partial charge < -0.3 is 10.0 Å². The lowest BCUT2D eigenvalue weighted by Crippen LogP contribution is -2.19. The topological polar surface area (TPSA) is 23.5 Å². The van der Waals surface area contributed by atoms with E-state index in [4.69, 9.17) is 5.11 Å². The molecule has 2 aromatic carbocycles. The van der Waals surface area contributed by atoms with Crippen LogP contribution in [0.25, 0.3) is 0 Å². The number of aliphatic hydroxyl groups is 1. The van der Waals surface area contributed by atoms with Crippen LogP contribution in [0.5, 0.6) is 0 Å². The molecule has 106 valence electrons. The molecule has 0 saturated heterocycles. The van der Waals surface area contributed by atoms with Crippen molar-refractivity contribution in [1.82, 2.24) is 0 Å². The number of rotatable bonds is 4. The van der Waals surface area contributed by atoms with Crippen molar-refractivity contribution < 1.29 is 18.3 Å². The van der Waals surface area contributed by atoms with Crippen LogP contribution in [0.3, 0.4) is 0 Å². The molecule has 0 saturated carbocycles. The molecule has 20 heavy (non-hydrogen) atoms. The van der Waals surface area contributed by atoms with Gasteiger partial charge in [-0.15, -0.1) is 0 Å². The monoisotopic (exact) mass is 281 g/mol. The van der Waals surface area contributed by atoms with Crippen molar-refractivity contribution in [1.29, 1.82) is 0 Å². The van der Waals surface area contributed by atoms with E-state index < -0.39 is 24.1 Å². The Labute approximate surface area is 115 Å². The predicted molar refractivity (Wildman–Crippen MR) is 71.4 cm³/mol. The van der Waals surface area contributed by atoms with Gasteiger partial charge in [0, 0.05) is 12.2 Å². The molecule has 0 unspecified atom stereocenters. The minimum absolute atomic E-state index is 0.166. The molecule has 2 rings (SSSR count). The smallest absolute Gasteiger partial charge is 0.150 e. The quantitative estimate of drug-likeness (QED) is 0.922. The average Bonchev–Trinajstić information content (AvgIpc) is 2.43. The van der Waals surface area contributed by atoms with E-state index in [1.165, 1.54) is 29.2 Å². The van der Waals surface area contributed by atoms with E-state index in [0.717, 1.165) is 12.1 Å². The lowest BCUT2D eigenvalue weighted by atomic mass is 10.1. The van der Waals surface area contributed by atoms with Crippen LogP contribution in [-0.4, -0.2) is 11.7 Å². The third-order valence-corrected chi connectivity index (χ3v) is 2.98. The summed E-state index contributed by atoms with van der Waals surface area (Å²) in [5.74, 6) is -1.94. The highest BCUT2D eigenvalue weighted by atomic mass is 19.1. The van der Waals surface area contributed by atoms with Gasteiger partial charge in [-0.3, -0.25) is 0 Å². The number of aliphatic hydroxyl groups excluding tert-OH is 1. The van der Waals surface area contributed by atoms with Gasteiger partial charge in [0.25, 0.3) is 0 Å². The second-order valence-electron chi connectivity index (χ2n) is 4.29. The Morgan fingerprint density at radius 2 is 1.55 bits per heavy atom. The molecule has 2 aromatic rings. The summed E-state index contributed by atoms with van der Waals surface area (Å²) in [7, 11) is 0. The fraction of sp³-hybridized carbons (Fsp3) is 0.200. The van der Waals surface area contributed by atoms with Crippen molar-refractivity contribution >= 4 is 11.4 Å². The van der Waals surface area contributed by atoms with Crippen molar-refractivity contribution in [2.24, 2.45) is 0 Å². The van der Waals surface area contributed by atoms with Crippen LogP contribution in [0, 0.1) is 17.5 Å². The summed E-state index contributed by atoms with van der Waals surface area (Å²) < 4.78 is 41.0. The molecular weight excluding hydrogens is 267 g/mol. The fourth-order valence-electron chi connectivity index (χ4n) is 2.06. The Hall–Kier alpha value is -2.01. The highest BCUT2D eigenvalue weighted by Crippen LogP contribution is 2.31. The summed E-state index contributed by atoms with van der Waals surface area (Å²) in [5, 5.41) is 8.93. The van der Waals surface area contributed by atoms with Crippen LogP contribution >= 0.6 is 0 Å². The summed E-state index contributed by atoms with van der Waals surface area (Å²) in [6.07, 6.45) is 0. The lowest BCUT2D eigenvalue weighted by Gasteiger charge is -2.24. The largest absolute Gasteiger partial charge is 0.392 e. The molecule has 5 heteroatoms. The highest BCUT2D eigenvalue weighted by Gasteiger charge is 2.18. The summed E-state index contributed by atoms with van der Waals surface area (Å²) in [6.45, 7) is 1.62. The van der Waals surface area contributed by atoms with E-state index >= 15 is 0 Å². The average molecular weight is 281 g/mol. The van der Waals surface area contributed by atoms with Gasteiger partial charge in [0.1, 0.15) is 23.1 Å². The van der Waals surface area contributed by atoms with Crippen molar-refractivity contribution in [3.63, 3.8) is 0 Å². The molecule has 0 atom stereocenters. The van der Waals surface area contributed by atoms with Crippen molar-refractivity contribution in [3.05, 3.63) is 59.4 Å². The van der Waals surface area contributed by atoms with Crippen molar-refractivity contribution in [2.75, 3.05) is 11.4 Å². The Balaban J connectivity index is 2.49. The van der Waals surface area contributed by atoms with Gasteiger partial charge in [0.15, 0.2) is 0 Å². The van der Waals surface area contributed by atoms with E-state index in [1.54, 1.807) is 6.92 Å². The Morgan fingerprint density at radius 3 is 2.00 bits per heavy atom. The van der Waals surface area contributed by atoms with E-state index in [-0.39, 0.29) is 11.3 Å². The first-order valence-electron chi connectivity index (χ1n) is 6.18. The van der Waals surface area contributed by atoms with Gasteiger partial charge in [-0.1, -0.05) is 0 Å². The van der Waals surface area contributed by atoms with Gasteiger partial charge in [-0.25, -0.2) is 13.2 Å². The first kappa shape index (κ1) is 14.4. The molecule has 0 radical (unpaired) electrons. The second kappa shape index (κ2) is 5.96. The Kier molecular flexibility index (Phi) is 4.29. The molecular formula is C15H14F3NO. The van der Waals surface area contributed by atoms with Crippen molar-refractivity contribution in [3.8, 4) is 0 Å². The van der Waals surface area contributed by atoms with E-state index in [1.807, 2.05) is 0 Å². The number of benzene rings is 2. The van der Waals surface area contributed by atoms with Crippen LogP contribution in [0.1, 0.15) is 12.5 Å². The minimum atomic E-state index is -0.764. The van der Waals surface area contributed by atoms with Gasteiger partial charge in [0.2, 0.25) is 0 Å². The summed E-state index contributed by atoms with van der Waals surface area (Å²) in [6, 6.07) is 7.55. The summed E-state index contributed by atoms with van der Waals surface area (Å²) >= 11 is 0. The van der Waals surface area contributed by atoms with Crippen LogP contribution in [0.15, 0.2) is 36.4 Å². The molecule has 0 fully saturated rings. The molecule has 0 amide bonds. The maximum atomic E-state index is 14.0. The number of halogens is 3. The number of nitrogens with zero attached hydrogens (tertiary/aromatic N) is 1. The number of anilines is 2. The lowest BCUT2D eigenvalue weighted by molar-refractivity contribution is 0.280. The molecule has 0 aliphatic rings. The predicted octanol–water partition coefficient (Wildman–Crippen LogP) is 3.75. The van der Waals surface area contributed by atoms with Crippen LogP contribution in [0.4, 0.5) is 24.5 Å². The molecule has 2 nitrogen and oxygen atoms in total. The van der Waals surface area contributed by atoms with Gasteiger partial charge in [-0.05, 0) is 48.9 Å². The molecule has 0 aliphatic carbocycles. The van der Waals surface area contributed by atoms with Crippen LogP contribution in [0.2, 0.25) is 0 Å². The maximum Gasteiger partial charge on any atom is 0.150 e. The Morgan fingerprint density at radius 1 is 1.00 bits per heavy atom. The zero-order valence-corrected chi connectivity index (χ0v) is 10.9. The molecule has 0 heterocycles. The number of hydrogen-bond donors (Lipinski definition) is 1. The van der Waals surface area contributed by atoms with Crippen LogP contribution in [-0.2, 0) is 6.61 Å². The van der Waals surface area contributed by atoms with Gasteiger partial charge in [0.05, 0.1) is 6.61 Å². The van der Waals surface area contributed by atoms with E-state index in [9.17, 15) is 13.2 Å². The van der Waals surface area contributed by atoms with Crippen LogP contribution < -0.4 is 4.90 Å². The fourth-order valence-corrected chi connectivity index (χ4v) is 2.06. The summed E-state index contributed by atoms with van der Waals surface area (Å²) in [5.41, 5.74) is 0.443. The van der Waals surface area contributed by atoms with E-state index in [0.29, 0.717) is 12.2 Å². The Bertz CT molecular complexity index is 576. The number of hydrogen-bond acceptors (Lipinski definition) is 2. The van der Waals surface area contributed by atoms with Crippen molar-refractivity contribution in [2.45, 2.75) is 13.5 Å². The zero-order valence-electron chi connectivity index (χ0n) is 10.9. The molecule has 0 spiro atoms. The molecule has 1 N–H and O–H groups in total. The minimum Gasteiger partial charge on any atom is -0.392 e. The standard InChI is InChI=1S/C15H14F3NO/c1-2-19(12-5-3-11(16)4-6-12)15-13(17)7-10(9-20)8-14(15)18/h3-8,20H,2,9H2,1H3. The first-order chi connectivity index (χ1) is 9.56. The highest BCUT2D eigenvalue weighted by molar-refractivity contribution is 5.64. The molecule has 0 bridgehead atoms. The zero-order chi connectivity index (χ0) is 14.7. The van der Waals surface area contributed by atoms with Gasteiger partial charge >= 0.3 is 0 Å².